The van der Waals surface area contributed by atoms with E-state index in [4.69, 9.17) is 0 Å². The summed E-state index contributed by atoms with van der Waals surface area (Å²) in [4.78, 5) is 37.0. The summed E-state index contributed by atoms with van der Waals surface area (Å²) in [5.74, 6) is 0. The molecular formula is C13H16NO7P2+. The predicted molar refractivity (Wildman–Crippen MR) is 81.1 cm³/mol. The molecule has 0 saturated carbocycles. The zero-order valence-electron chi connectivity index (χ0n) is 11.8. The number of benzene rings is 1. The van der Waals surface area contributed by atoms with E-state index in [1.54, 1.807) is 42.5 Å². The van der Waals surface area contributed by atoms with Crippen molar-refractivity contribution in [2.24, 2.45) is 0 Å². The van der Waals surface area contributed by atoms with Crippen molar-refractivity contribution in [1.29, 1.82) is 0 Å². The van der Waals surface area contributed by atoms with Gasteiger partial charge in [-0.2, -0.15) is 4.57 Å². The molecule has 124 valence electrons. The molecule has 0 unspecified atom stereocenters. The molecule has 0 amide bonds. The number of aliphatic hydroxyl groups is 1. The Hall–Kier alpha value is -1.37. The van der Waals surface area contributed by atoms with Crippen LogP contribution >= 0.6 is 15.2 Å². The maximum absolute atomic E-state index is 11.5. The van der Waals surface area contributed by atoms with Gasteiger partial charge in [0, 0.05) is 17.7 Å². The summed E-state index contributed by atoms with van der Waals surface area (Å²) < 4.78 is 24.2. The van der Waals surface area contributed by atoms with Crippen molar-refractivity contribution < 1.29 is 38.4 Å². The first kappa shape index (κ1) is 18.0. The molecule has 0 fully saturated rings. The highest BCUT2D eigenvalue weighted by Gasteiger charge is 2.63. The van der Waals surface area contributed by atoms with Gasteiger partial charge in [-0.05, 0) is 18.2 Å². The molecule has 0 radical (unpaired) electrons. The van der Waals surface area contributed by atoms with E-state index in [9.17, 15) is 33.8 Å². The fraction of sp³-hybridized carbons (Fsp3) is 0.154. The maximum atomic E-state index is 11.5. The van der Waals surface area contributed by atoms with E-state index in [2.05, 4.69) is 0 Å². The minimum absolute atomic E-state index is 0.438. The Morgan fingerprint density at radius 3 is 1.91 bits per heavy atom. The van der Waals surface area contributed by atoms with Gasteiger partial charge in [0.1, 0.15) is 0 Å². The third-order valence-corrected chi connectivity index (χ3v) is 7.04. The summed E-state index contributed by atoms with van der Waals surface area (Å²) in [6.45, 7) is -0.966. The third-order valence-electron chi connectivity index (χ3n) is 3.33. The second-order valence-corrected chi connectivity index (χ2v) is 8.95. The van der Waals surface area contributed by atoms with Gasteiger partial charge in [-0.25, -0.2) is 0 Å². The lowest BCUT2D eigenvalue weighted by atomic mass is 10.1. The predicted octanol–water partition coefficient (Wildman–Crippen LogP) is 0.643. The Kier molecular flexibility index (Phi) is 4.89. The highest BCUT2D eigenvalue weighted by molar-refractivity contribution is 7.72. The first-order chi connectivity index (χ1) is 10.6. The fourth-order valence-corrected chi connectivity index (χ4v) is 4.10. The Labute approximate surface area is 132 Å². The summed E-state index contributed by atoms with van der Waals surface area (Å²) in [6, 6.07) is 13.5. The number of rotatable bonds is 5. The lowest BCUT2D eigenvalue weighted by molar-refractivity contribution is -0.693. The smallest absolute Gasteiger partial charge is 0.363 e. The number of aromatic nitrogens is 1. The van der Waals surface area contributed by atoms with Gasteiger partial charge in [0.2, 0.25) is 12.2 Å². The van der Waals surface area contributed by atoms with Gasteiger partial charge in [0.15, 0.2) is 6.20 Å². The molecule has 1 heterocycles. The Bertz CT molecular complexity index is 762. The Morgan fingerprint density at radius 1 is 0.870 bits per heavy atom. The van der Waals surface area contributed by atoms with Gasteiger partial charge in [-0.3, -0.25) is 9.13 Å². The van der Waals surface area contributed by atoms with Gasteiger partial charge in [0.25, 0.3) is 0 Å². The van der Waals surface area contributed by atoms with Gasteiger partial charge in [-0.15, -0.1) is 0 Å². The molecule has 0 aliphatic carbocycles. The molecule has 0 aliphatic heterocycles. The second-order valence-electron chi connectivity index (χ2n) is 4.94. The van der Waals surface area contributed by atoms with E-state index >= 15 is 0 Å². The highest BCUT2D eigenvalue weighted by atomic mass is 31.2. The number of hydrogen-bond acceptors (Lipinski definition) is 3. The van der Waals surface area contributed by atoms with Crippen LogP contribution in [0.3, 0.4) is 0 Å². The molecule has 1 aromatic carbocycles. The van der Waals surface area contributed by atoms with Crippen molar-refractivity contribution in [3.8, 4) is 11.3 Å². The molecule has 2 aromatic rings. The van der Waals surface area contributed by atoms with Gasteiger partial charge < -0.3 is 24.7 Å². The quantitative estimate of drug-likeness (QED) is 0.389. The SMILES string of the molecule is O=P(O)(O)C(O)(C[n+]1ccccc1-c1ccccc1)P(=O)(O)O. The van der Waals surface area contributed by atoms with Gasteiger partial charge in [0.05, 0.1) is 0 Å². The minimum Gasteiger partial charge on any atom is -0.363 e. The van der Waals surface area contributed by atoms with Crippen molar-refractivity contribution in [2.75, 3.05) is 0 Å². The molecule has 1 aromatic heterocycles. The molecule has 2 rings (SSSR count). The van der Waals surface area contributed by atoms with Crippen molar-refractivity contribution in [3.05, 3.63) is 54.7 Å². The number of nitrogens with zero attached hydrogens (tertiary/aromatic N) is 1. The molecule has 0 spiro atoms. The summed E-state index contributed by atoms with van der Waals surface area (Å²) in [5, 5.41) is 6.56. The normalized spacial score (nSPS) is 13.1. The average molecular weight is 360 g/mol. The first-order valence-electron chi connectivity index (χ1n) is 6.44. The number of hydrogen-bond donors (Lipinski definition) is 5. The van der Waals surface area contributed by atoms with E-state index in [1.807, 2.05) is 0 Å². The van der Waals surface area contributed by atoms with Crippen LogP contribution in [0, 0.1) is 0 Å². The molecule has 10 heteroatoms. The lowest BCUT2D eigenvalue weighted by Crippen LogP contribution is -2.48. The van der Waals surface area contributed by atoms with Crippen LogP contribution in [0.2, 0.25) is 0 Å². The lowest BCUT2D eigenvalue weighted by Gasteiger charge is -2.26. The van der Waals surface area contributed by atoms with Gasteiger partial charge in [-0.1, -0.05) is 18.2 Å². The van der Waals surface area contributed by atoms with Gasteiger partial charge >= 0.3 is 20.3 Å². The highest BCUT2D eigenvalue weighted by Crippen LogP contribution is 2.67. The Balaban J connectivity index is 2.56. The third kappa shape index (κ3) is 3.59. The van der Waals surface area contributed by atoms with Crippen LogP contribution in [-0.2, 0) is 15.7 Å². The van der Waals surface area contributed by atoms with Crippen molar-refractivity contribution in [3.63, 3.8) is 0 Å². The van der Waals surface area contributed by atoms with Crippen LogP contribution in [-0.4, -0.2) is 29.8 Å². The summed E-state index contributed by atoms with van der Waals surface area (Å²) in [5.41, 5.74) is 1.10. The van der Waals surface area contributed by atoms with E-state index in [0.29, 0.717) is 11.3 Å². The zero-order chi connectivity index (χ0) is 17.3. The largest absolute Gasteiger partial charge is 0.376 e. The molecule has 5 N–H and O–H groups in total. The van der Waals surface area contributed by atoms with E-state index in [-0.39, 0.29) is 0 Å². The topological polar surface area (TPSA) is 139 Å². The van der Waals surface area contributed by atoms with Crippen molar-refractivity contribution in [2.45, 2.75) is 11.6 Å². The van der Waals surface area contributed by atoms with Crippen molar-refractivity contribution in [1.82, 2.24) is 0 Å². The summed E-state index contributed by atoms with van der Waals surface area (Å²) >= 11 is 0. The molecule has 23 heavy (non-hydrogen) atoms. The zero-order valence-corrected chi connectivity index (χ0v) is 13.6. The van der Waals surface area contributed by atoms with Crippen LogP contribution in [0.4, 0.5) is 0 Å². The first-order valence-corrected chi connectivity index (χ1v) is 9.66. The van der Waals surface area contributed by atoms with Crippen LogP contribution < -0.4 is 4.57 Å². The summed E-state index contributed by atoms with van der Waals surface area (Å²) in [6.07, 6.45) is 1.37. The molecule has 0 aliphatic rings. The average Bonchev–Trinajstić information content (AvgIpc) is 2.46. The standard InChI is InChI=1S/C13H15NO7P2/c15-13(22(16,17)18,23(19,20)21)10-14-9-5-4-8-12(14)11-6-2-1-3-7-11/h1-9,15H,10H2,(H3-,16,17,18,19,20,21)/p+1. The monoisotopic (exact) mass is 360 g/mol. The number of pyridine rings is 1. The minimum atomic E-state index is -5.51. The summed E-state index contributed by atoms with van der Waals surface area (Å²) in [7, 11) is -11.0. The maximum Gasteiger partial charge on any atom is 0.376 e. The van der Waals surface area contributed by atoms with Crippen LogP contribution in [0.5, 0.6) is 0 Å². The Morgan fingerprint density at radius 2 is 1.39 bits per heavy atom. The van der Waals surface area contributed by atoms with E-state index in [1.165, 1.54) is 16.8 Å². The van der Waals surface area contributed by atoms with Crippen LogP contribution in [0.1, 0.15) is 0 Å². The van der Waals surface area contributed by atoms with E-state index < -0.39 is 26.8 Å². The van der Waals surface area contributed by atoms with Crippen LogP contribution in [0.25, 0.3) is 11.3 Å². The molecule has 0 saturated heterocycles. The molecular weight excluding hydrogens is 344 g/mol. The van der Waals surface area contributed by atoms with E-state index in [0.717, 1.165) is 0 Å². The molecule has 0 bridgehead atoms. The van der Waals surface area contributed by atoms with Crippen molar-refractivity contribution >= 4 is 15.2 Å². The molecule has 0 atom stereocenters. The fourth-order valence-electron chi connectivity index (χ4n) is 2.07. The second kappa shape index (κ2) is 6.26. The van der Waals surface area contributed by atoms with Crippen LogP contribution in [0.15, 0.2) is 54.7 Å². The molecule has 8 nitrogen and oxygen atoms in total.